The highest BCUT2D eigenvalue weighted by Gasteiger charge is 2.47. The minimum Gasteiger partial charge on any atom is -0.454 e. The summed E-state index contributed by atoms with van der Waals surface area (Å²) in [7, 11) is 0. The first-order valence-electron chi connectivity index (χ1n) is 10.9. The average Bonchev–Trinajstić information content (AvgIpc) is 3.31. The Bertz CT molecular complexity index is 1000. The summed E-state index contributed by atoms with van der Waals surface area (Å²) in [4.78, 5) is 64.5. The van der Waals surface area contributed by atoms with Gasteiger partial charge >= 0.3 is 5.97 Å². The number of nitrogens with zero attached hydrogens (tertiary/aromatic N) is 2. The SMILES string of the molecule is CC(=O)N1CCc2cc(C(=O)C(C)OC(=O)CCN3C(=O)C4CC=CCC4C3=O)ccc21. The Morgan fingerprint density at radius 3 is 2.38 bits per heavy atom. The molecule has 0 saturated carbocycles. The van der Waals surface area contributed by atoms with Gasteiger partial charge in [-0.1, -0.05) is 12.2 Å². The number of imide groups is 1. The second kappa shape index (κ2) is 8.68. The Balaban J connectivity index is 1.32. The molecule has 3 amide bonds. The van der Waals surface area contributed by atoms with Gasteiger partial charge in [0.05, 0.1) is 18.3 Å². The van der Waals surface area contributed by atoms with Crippen molar-refractivity contribution in [2.24, 2.45) is 11.8 Å². The molecular weight excluding hydrogens is 412 g/mol. The van der Waals surface area contributed by atoms with Crippen LogP contribution in [0.15, 0.2) is 30.4 Å². The topological polar surface area (TPSA) is 101 Å². The van der Waals surface area contributed by atoms with Gasteiger partial charge in [-0.3, -0.25) is 28.9 Å². The maximum atomic E-state index is 12.7. The Labute approximate surface area is 186 Å². The van der Waals surface area contributed by atoms with Crippen molar-refractivity contribution in [2.45, 2.75) is 45.6 Å². The van der Waals surface area contributed by atoms with Crippen LogP contribution in [0.5, 0.6) is 0 Å². The molecule has 0 spiro atoms. The van der Waals surface area contributed by atoms with E-state index in [2.05, 4.69) is 0 Å². The van der Waals surface area contributed by atoms with Gasteiger partial charge in [0.2, 0.25) is 23.5 Å². The lowest BCUT2D eigenvalue weighted by molar-refractivity contribution is -0.148. The molecule has 2 heterocycles. The predicted molar refractivity (Wildman–Crippen MR) is 115 cm³/mol. The van der Waals surface area contributed by atoms with Crippen molar-refractivity contribution in [3.63, 3.8) is 0 Å². The molecule has 1 saturated heterocycles. The third kappa shape index (κ3) is 3.97. The molecule has 32 heavy (non-hydrogen) atoms. The minimum absolute atomic E-state index is 0.0376. The normalized spacial score (nSPS) is 22.6. The molecule has 3 unspecified atom stereocenters. The smallest absolute Gasteiger partial charge is 0.308 e. The van der Waals surface area contributed by atoms with Crippen molar-refractivity contribution in [3.05, 3.63) is 41.5 Å². The van der Waals surface area contributed by atoms with Crippen molar-refractivity contribution >= 4 is 35.2 Å². The summed E-state index contributed by atoms with van der Waals surface area (Å²) >= 11 is 0. The highest BCUT2D eigenvalue weighted by Crippen LogP contribution is 2.35. The van der Waals surface area contributed by atoms with Gasteiger partial charge in [-0.2, -0.15) is 0 Å². The van der Waals surface area contributed by atoms with E-state index in [0.717, 1.165) is 16.2 Å². The summed E-state index contributed by atoms with van der Waals surface area (Å²) in [5.74, 6) is -2.16. The Kier molecular flexibility index (Phi) is 5.95. The molecule has 168 valence electrons. The summed E-state index contributed by atoms with van der Waals surface area (Å²) in [5.41, 5.74) is 2.12. The first-order valence-corrected chi connectivity index (χ1v) is 10.9. The predicted octanol–water partition coefficient (Wildman–Crippen LogP) is 2.05. The highest BCUT2D eigenvalue weighted by atomic mass is 16.5. The zero-order chi connectivity index (χ0) is 23.0. The van der Waals surface area contributed by atoms with Crippen LogP contribution in [-0.2, 0) is 30.3 Å². The number of benzene rings is 1. The molecule has 0 aromatic heterocycles. The number of hydrogen-bond acceptors (Lipinski definition) is 6. The van der Waals surface area contributed by atoms with Gasteiger partial charge in [0.25, 0.3) is 0 Å². The minimum atomic E-state index is -0.998. The zero-order valence-electron chi connectivity index (χ0n) is 18.2. The molecule has 3 aliphatic rings. The number of anilines is 1. The quantitative estimate of drug-likeness (QED) is 0.292. The summed E-state index contributed by atoms with van der Waals surface area (Å²) in [6.45, 7) is 3.55. The molecule has 8 nitrogen and oxygen atoms in total. The van der Waals surface area contributed by atoms with Crippen LogP contribution in [0.25, 0.3) is 0 Å². The van der Waals surface area contributed by atoms with Gasteiger partial charge in [0.15, 0.2) is 6.10 Å². The lowest BCUT2D eigenvalue weighted by Crippen LogP contribution is -2.34. The largest absolute Gasteiger partial charge is 0.454 e. The van der Waals surface area contributed by atoms with Gasteiger partial charge in [0, 0.05) is 31.3 Å². The van der Waals surface area contributed by atoms with Crippen LogP contribution in [0.3, 0.4) is 0 Å². The molecule has 0 radical (unpaired) electrons. The van der Waals surface area contributed by atoms with E-state index in [1.807, 2.05) is 12.2 Å². The standard InChI is InChI=1S/C24H26N2O6/c1-14(22(29)17-7-8-20-16(13-17)9-11-25(20)15(2)27)32-21(28)10-12-26-23(30)18-5-3-4-6-19(18)24(26)31/h3-4,7-8,13-14,18-19H,5-6,9-12H2,1-2H3. The molecule has 2 aliphatic heterocycles. The number of ketones is 1. The van der Waals surface area contributed by atoms with Crippen molar-refractivity contribution in [1.82, 2.24) is 4.90 Å². The summed E-state index contributed by atoms with van der Waals surface area (Å²) < 4.78 is 5.28. The Hall–Kier alpha value is -3.29. The van der Waals surface area contributed by atoms with Crippen LogP contribution in [0.1, 0.15) is 49.0 Å². The van der Waals surface area contributed by atoms with Crippen LogP contribution in [0.4, 0.5) is 5.69 Å². The van der Waals surface area contributed by atoms with Crippen LogP contribution in [-0.4, -0.2) is 53.6 Å². The molecule has 1 fully saturated rings. The number of amides is 3. The van der Waals surface area contributed by atoms with E-state index < -0.39 is 12.1 Å². The lowest BCUT2D eigenvalue weighted by atomic mass is 9.85. The number of carbonyl (C=O) groups is 5. The number of Topliss-reactive ketones (excluding diaryl/α,β-unsaturated/α-hetero) is 1. The fourth-order valence-corrected chi connectivity index (χ4v) is 4.72. The molecule has 3 atom stereocenters. The second-order valence-electron chi connectivity index (χ2n) is 8.49. The van der Waals surface area contributed by atoms with Gasteiger partial charge in [-0.25, -0.2) is 0 Å². The number of carbonyl (C=O) groups excluding carboxylic acids is 5. The van der Waals surface area contributed by atoms with E-state index in [9.17, 15) is 24.0 Å². The van der Waals surface area contributed by atoms with E-state index in [1.54, 1.807) is 23.1 Å². The number of hydrogen-bond donors (Lipinski definition) is 0. The number of fused-ring (bicyclic) bond motifs is 2. The van der Waals surface area contributed by atoms with Crippen LogP contribution < -0.4 is 4.90 Å². The molecular formula is C24H26N2O6. The van der Waals surface area contributed by atoms with Gasteiger partial charge in [-0.05, 0) is 49.9 Å². The number of ether oxygens (including phenoxy) is 1. The van der Waals surface area contributed by atoms with Crippen molar-refractivity contribution in [3.8, 4) is 0 Å². The monoisotopic (exact) mass is 438 g/mol. The number of rotatable bonds is 6. The van der Waals surface area contributed by atoms with Crippen molar-refractivity contribution in [1.29, 1.82) is 0 Å². The van der Waals surface area contributed by atoms with Crippen LogP contribution in [0, 0.1) is 11.8 Å². The molecule has 0 N–H and O–H groups in total. The van der Waals surface area contributed by atoms with Crippen molar-refractivity contribution in [2.75, 3.05) is 18.0 Å². The summed E-state index contributed by atoms with van der Waals surface area (Å²) in [6.07, 6.45) is 4.43. The van der Waals surface area contributed by atoms with Crippen LogP contribution >= 0.6 is 0 Å². The Morgan fingerprint density at radius 1 is 1.09 bits per heavy atom. The maximum absolute atomic E-state index is 12.7. The maximum Gasteiger partial charge on any atom is 0.308 e. The summed E-state index contributed by atoms with van der Waals surface area (Å²) in [5, 5.41) is 0. The fraction of sp³-hybridized carbons (Fsp3) is 0.458. The van der Waals surface area contributed by atoms with Gasteiger partial charge < -0.3 is 9.64 Å². The Morgan fingerprint density at radius 2 is 1.75 bits per heavy atom. The van der Waals surface area contributed by atoms with E-state index >= 15 is 0 Å². The summed E-state index contributed by atoms with van der Waals surface area (Å²) in [6, 6.07) is 5.11. The number of likely N-dealkylation sites (tertiary alicyclic amines) is 1. The third-order valence-corrected chi connectivity index (χ3v) is 6.46. The van der Waals surface area contributed by atoms with E-state index in [1.165, 1.54) is 13.8 Å². The molecule has 1 aliphatic carbocycles. The molecule has 4 rings (SSSR count). The third-order valence-electron chi connectivity index (χ3n) is 6.46. The molecule has 1 aromatic carbocycles. The average molecular weight is 438 g/mol. The van der Waals surface area contributed by atoms with Gasteiger partial charge in [-0.15, -0.1) is 0 Å². The first-order chi connectivity index (χ1) is 15.3. The van der Waals surface area contributed by atoms with Crippen molar-refractivity contribution < 1.29 is 28.7 Å². The number of allylic oxidation sites excluding steroid dienone is 2. The molecule has 8 heteroatoms. The molecule has 0 bridgehead atoms. The van der Waals surface area contributed by atoms with E-state index in [4.69, 9.17) is 4.74 Å². The lowest BCUT2D eigenvalue weighted by Gasteiger charge is -2.17. The fourth-order valence-electron chi connectivity index (χ4n) is 4.72. The number of esters is 1. The van der Waals surface area contributed by atoms with Crippen LogP contribution in [0.2, 0.25) is 0 Å². The van der Waals surface area contributed by atoms with E-state index in [0.29, 0.717) is 31.4 Å². The van der Waals surface area contributed by atoms with E-state index in [-0.39, 0.29) is 48.3 Å². The second-order valence-corrected chi connectivity index (χ2v) is 8.49. The highest BCUT2D eigenvalue weighted by molar-refractivity contribution is 6.05. The zero-order valence-corrected chi connectivity index (χ0v) is 18.2. The van der Waals surface area contributed by atoms with Gasteiger partial charge in [0.1, 0.15) is 0 Å². The molecule has 1 aromatic rings. The first kappa shape index (κ1) is 21.9.